The van der Waals surface area contributed by atoms with Crippen molar-refractivity contribution in [2.75, 3.05) is 11.9 Å². The molecule has 4 heteroatoms. The number of benzene rings is 1. The van der Waals surface area contributed by atoms with Crippen LogP contribution in [0.3, 0.4) is 0 Å². The number of urea groups is 1. The second-order valence-electron chi connectivity index (χ2n) is 2.62. The summed E-state index contributed by atoms with van der Waals surface area (Å²) in [4.78, 5) is 10.6. The van der Waals surface area contributed by atoms with Crippen LogP contribution in [-0.4, -0.2) is 17.7 Å². The molecule has 0 unspecified atom stereocenters. The van der Waals surface area contributed by atoms with Crippen molar-refractivity contribution < 1.29 is 9.90 Å². The topological polar surface area (TPSA) is 75.4 Å². The molecule has 0 atom stereocenters. The second kappa shape index (κ2) is 4.47. The standard InChI is InChI=1S/C9H12N2O2/c10-9(13)11-8-4-2-1-3-7(8)5-6-12/h1-4,12H,5-6H2,(H3,10,11,13). The molecule has 1 rings (SSSR count). The van der Waals surface area contributed by atoms with E-state index in [0.29, 0.717) is 12.1 Å². The first kappa shape index (κ1) is 9.54. The van der Waals surface area contributed by atoms with Gasteiger partial charge in [-0.2, -0.15) is 0 Å². The summed E-state index contributed by atoms with van der Waals surface area (Å²) >= 11 is 0. The van der Waals surface area contributed by atoms with Gasteiger partial charge in [0.15, 0.2) is 0 Å². The van der Waals surface area contributed by atoms with Crippen molar-refractivity contribution in [3.8, 4) is 0 Å². The van der Waals surface area contributed by atoms with Crippen LogP contribution in [0.25, 0.3) is 0 Å². The largest absolute Gasteiger partial charge is 0.396 e. The number of anilines is 1. The van der Waals surface area contributed by atoms with Crippen LogP contribution in [0.4, 0.5) is 10.5 Å². The highest BCUT2D eigenvalue weighted by Crippen LogP contribution is 2.14. The lowest BCUT2D eigenvalue weighted by atomic mass is 10.1. The molecule has 0 saturated heterocycles. The van der Waals surface area contributed by atoms with Gasteiger partial charge in [0.05, 0.1) is 0 Å². The third-order valence-electron chi connectivity index (χ3n) is 1.66. The monoisotopic (exact) mass is 180 g/mol. The third-order valence-corrected chi connectivity index (χ3v) is 1.66. The van der Waals surface area contributed by atoms with Crippen molar-refractivity contribution in [1.29, 1.82) is 0 Å². The predicted molar refractivity (Wildman–Crippen MR) is 50.4 cm³/mol. The molecule has 0 saturated carbocycles. The fraction of sp³-hybridized carbons (Fsp3) is 0.222. The molecule has 0 radical (unpaired) electrons. The zero-order valence-electron chi connectivity index (χ0n) is 7.16. The van der Waals surface area contributed by atoms with E-state index in [9.17, 15) is 4.79 Å². The Morgan fingerprint density at radius 2 is 2.15 bits per heavy atom. The zero-order valence-corrected chi connectivity index (χ0v) is 7.16. The van der Waals surface area contributed by atoms with Crippen LogP contribution >= 0.6 is 0 Å². The van der Waals surface area contributed by atoms with E-state index >= 15 is 0 Å². The summed E-state index contributed by atoms with van der Waals surface area (Å²) < 4.78 is 0. The minimum atomic E-state index is -0.592. The minimum Gasteiger partial charge on any atom is -0.396 e. The molecule has 70 valence electrons. The van der Waals surface area contributed by atoms with Crippen LogP contribution in [0.1, 0.15) is 5.56 Å². The Morgan fingerprint density at radius 1 is 1.46 bits per heavy atom. The molecular weight excluding hydrogens is 168 g/mol. The molecule has 0 aromatic heterocycles. The van der Waals surface area contributed by atoms with Crippen molar-refractivity contribution in [2.45, 2.75) is 6.42 Å². The van der Waals surface area contributed by atoms with Gasteiger partial charge in [0.1, 0.15) is 0 Å². The van der Waals surface area contributed by atoms with Gasteiger partial charge < -0.3 is 16.2 Å². The van der Waals surface area contributed by atoms with Crippen LogP contribution in [0.5, 0.6) is 0 Å². The number of carbonyl (C=O) groups is 1. The van der Waals surface area contributed by atoms with Crippen molar-refractivity contribution in [1.82, 2.24) is 0 Å². The van der Waals surface area contributed by atoms with E-state index in [1.807, 2.05) is 12.1 Å². The SMILES string of the molecule is NC(=O)Nc1ccccc1CCO. The van der Waals surface area contributed by atoms with Crippen molar-refractivity contribution >= 4 is 11.7 Å². The number of primary amides is 1. The molecule has 0 heterocycles. The van der Waals surface area contributed by atoms with Crippen LogP contribution < -0.4 is 11.1 Å². The van der Waals surface area contributed by atoms with Crippen molar-refractivity contribution in [2.24, 2.45) is 5.73 Å². The molecular formula is C9H12N2O2. The van der Waals surface area contributed by atoms with E-state index in [2.05, 4.69) is 5.32 Å². The molecule has 2 amide bonds. The number of hydrogen-bond acceptors (Lipinski definition) is 2. The number of rotatable bonds is 3. The number of aliphatic hydroxyl groups excluding tert-OH is 1. The Kier molecular flexibility index (Phi) is 3.28. The minimum absolute atomic E-state index is 0.0530. The van der Waals surface area contributed by atoms with E-state index in [1.165, 1.54) is 0 Å². The molecule has 0 aliphatic rings. The summed E-state index contributed by atoms with van der Waals surface area (Å²) in [5.74, 6) is 0. The Hall–Kier alpha value is -1.55. The second-order valence-corrected chi connectivity index (χ2v) is 2.62. The fourth-order valence-corrected chi connectivity index (χ4v) is 1.11. The maximum absolute atomic E-state index is 10.6. The van der Waals surface area contributed by atoms with Gasteiger partial charge in [-0.05, 0) is 18.1 Å². The lowest BCUT2D eigenvalue weighted by Gasteiger charge is -2.07. The van der Waals surface area contributed by atoms with Crippen molar-refractivity contribution in [3.05, 3.63) is 29.8 Å². The number of nitrogens with two attached hydrogens (primary N) is 1. The van der Waals surface area contributed by atoms with E-state index < -0.39 is 6.03 Å². The maximum atomic E-state index is 10.6. The average Bonchev–Trinajstić information content (AvgIpc) is 2.08. The predicted octanol–water partition coefficient (Wildman–Crippen LogP) is 0.712. The Balaban J connectivity index is 2.84. The van der Waals surface area contributed by atoms with E-state index in [1.54, 1.807) is 12.1 Å². The molecule has 0 aliphatic heterocycles. The van der Waals surface area contributed by atoms with E-state index in [0.717, 1.165) is 5.56 Å². The number of hydrogen-bond donors (Lipinski definition) is 3. The van der Waals surface area contributed by atoms with Gasteiger partial charge in [-0.3, -0.25) is 0 Å². The van der Waals surface area contributed by atoms with Gasteiger partial charge in [-0.25, -0.2) is 4.79 Å². The van der Waals surface area contributed by atoms with Gasteiger partial charge in [-0.1, -0.05) is 18.2 Å². The molecule has 0 aliphatic carbocycles. The van der Waals surface area contributed by atoms with Gasteiger partial charge in [0.2, 0.25) is 0 Å². The zero-order chi connectivity index (χ0) is 9.68. The van der Waals surface area contributed by atoms with Crippen LogP contribution in [0, 0.1) is 0 Å². The summed E-state index contributed by atoms with van der Waals surface area (Å²) in [5.41, 5.74) is 6.51. The van der Waals surface area contributed by atoms with E-state index in [4.69, 9.17) is 10.8 Å². The Labute approximate surface area is 76.4 Å². The Bertz CT molecular complexity index is 299. The van der Waals surface area contributed by atoms with Gasteiger partial charge in [-0.15, -0.1) is 0 Å². The van der Waals surface area contributed by atoms with Gasteiger partial charge in [0, 0.05) is 12.3 Å². The molecule has 4 N–H and O–H groups in total. The fourth-order valence-electron chi connectivity index (χ4n) is 1.11. The number of carbonyl (C=O) groups excluding carboxylic acids is 1. The summed E-state index contributed by atoms with van der Waals surface area (Å²) in [7, 11) is 0. The summed E-state index contributed by atoms with van der Waals surface area (Å²) in [6.45, 7) is 0.0530. The number of nitrogens with one attached hydrogen (secondary N) is 1. The normalized spacial score (nSPS) is 9.62. The van der Waals surface area contributed by atoms with Crippen molar-refractivity contribution in [3.63, 3.8) is 0 Å². The lowest BCUT2D eigenvalue weighted by molar-refractivity contribution is 0.259. The first-order valence-electron chi connectivity index (χ1n) is 3.99. The highest BCUT2D eigenvalue weighted by molar-refractivity contribution is 5.88. The molecule has 4 nitrogen and oxygen atoms in total. The Morgan fingerprint density at radius 3 is 2.77 bits per heavy atom. The van der Waals surface area contributed by atoms with Gasteiger partial charge in [0.25, 0.3) is 0 Å². The quantitative estimate of drug-likeness (QED) is 0.640. The van der Waals surface area contributed by atoms with Crippen LogP contribution in [0.2, 0.25) is 0 Å². The highest BCUT2D eigenvalue weighted by atomic mass is 16.3. The number of aliphatic hydroxyl groups is 1. The van der Waals surface area contributed by atoms with E-state index in [-0.39, 0.29) is 6.61 Å². The smallest absolute Gasteiger partial charge is 0.316 e. The van der Waals surface area contributed by atoms with Crippen LogP contribution in [-0.2, 0) is 6.42 Å². The molecule has 13 heavy (non-hydrogen) atoms. The number of para-hydroxylation sites is 1. The summed E-state index contributed by atoms with van der Waals surface area (Å²) in [6, 6.07) is 6.63. The summed E-state index contributed by atoms with van der Waals surface area (Å²) in [5, 5.41) is 11.2. The van der Waals surface area contributed by atoms with Crippen LogP contribution in [0.15, 0.2) is 24.3 Å². The molecule has 1 aromatic carbocycles. The summed E-state index contributed by atoms with van der Waals surface area (Å²) in [6.07, 6.45) is 0.510. The van der Waals surface area contributed by atoms with Gasteiger partial charge >= 0.3 is 6.03 Å². The first-order chi connectivity index (χ1) is 6.24. The maximum Gasteiger partial charge on any atom is 0.316 e. The molecule has 0 bridgehead atoms. The number of amides is 2. The lowest BCUT2D eigenvalue weighted by Crippen LogP contribution is -2.20. The molecule has 0 spiro atoms. The molecule has 1 aromatic rings. The first-order valence-corrected chi connectivity index (χ1v) is 3.99. The molecule has 0 fully saturated rings. The highest BCUT2D eigenvalue weighted by Gasteiger charge is 2.01. The third kappa shape index (κ3) is 2.76. The average molecular weight is 180 g/mol.